The number of aryl methyl sites for hydroxylation is 1. The monoisotopic (exact) mass is 420 g/mol. The molecule has 8 heteroatoms. The molecule has 1 aliphatic rings. The molecule has 3 heterocycles. The third kappa shape index (κ3) is 2.99. The number of carbonyl (C=O) groups is 1. The second-order valence-electron chi connectivity index (χ2n) is 7.19. The Kier molecular flexibility index (Phi) is 4.35. The van der Waals surface area contributed by atoms with Crippen molar-refractivity contribution >= 4 is 22.7 Å². The number of anilines is 1. The summed E-state index contributed by atoms with van der Waals surface area (Å²) in [6.45, 7) is 4.09. The Morgan fingerprint density at radius 3 is 2.58 bits per heavy atom. The minimum absolute atomic E-state index is 0.0701. The highest BCUT2D eigenvalue weighted by atomic mass is 19.1. The highest BCUT2D eigenvalue weighted by Gasteiger charge is 2.44. The number of ether oxygens (including phenoxy) is 1. The van der Waals surface area contributed by atoms with Crippen molar-refractivity contribution in [1.29, 1.82) is 0 Å². The van der Waals surface area contributed by atoms with Crippen LogP contribution in [-0.2, 0) is 0 Å². The number of fused-ring (bicyclic) bond motifs is 2. The first-order valence-corrected chi connectivity index (χ1v) is 9.74. The van der Waals surface area contributed by atoms with Crippen LogP contribution in [0.2, 0.25) is 0 Å². The van der Waals surface area contributed by atoms with Gasteiger partial charge in [-0.3, -0.25) is 14.5 Å². The first-order chi connectivity index (χ1) is 15.0. The molecule has 1 amide bonds. The minimum Gasteiger partial charge on any atom is -0.494 e. The van der Waals surface area contributed by atoms with E-state index in [1.807, 2.05) is 6.92 Å². The number of carbonyl (C=O) groups excluding carboxylic acids is 1. The fraction of sp³-hybridized carbons (Fsp3) is 0.174. The Bertz CT molecular complexity index is 1370. The maximum atomic E-state index is 13.8. The van der Waals surface area contributed by atoms with E-state index in [0.29, 0.717) is 23.7 Å². The maximum Gasteiger partial charge on any atom is 0.296 e. The predicted octanol–water partition coefficient (Wildman–Crippen LogP) is 4.38. The van der Waals surface area contributed by atoms with Gasteiger partial charge in [-0.25, -0.2) is 4.39 Å². The van der Waals surface area contributed by atoms with E-state index < -0.39 is 23.2 Å². The number of hydrogen-bond donors (Lipinski definition) is 0. The van der Waals surface area contributed by atoms with Gasteiger partial charge in [-0.05, 0) is 49.7 Å². The van der Waals surface area contributed by atoms with Crippen molar-refractivity contribution in [2.75, 3.05) is 11.5 Å². The molecule has 0 bridgehead atoms. The van der Waals surface area contributed by atoms with E-state index in [4.69, 9.17) is 13.7 Å². The van der Waals surface area contributed by atoms with Gasteiger partial charge >= 0.3 is 0 Å². The fourth-order valence-electron chi connectivity index (χ4n) is 3.88. The van der Waals surface area contributed by atoms with E-state index >= 15 is 0 Å². The predicted molar refractivity (Wildman–Crippen MR) is 110 cm³/mol. The van der Waals surface area contributed by atoms with Crippen LogP contribution in [0.5, 0.6) is 5.75 Å². The molecule has 0 spiro atoms. The quantitative estimate of drug-likeness (QED) is 0.487. The van der Waals surface area contributed by atoms with Crippen LogP contribution < -0.4 is 15.1 Å². The average Bonchev–Trinajstić information content (AvgIpc) is 3.31. The van der Waals surface area contributed by atoms with Crippen molar-refractivity contribution in [1.82, 2.24) is 5.16 Å². The van der Waals surface area contributed by atoms with Crippen molar-refractivity contribution < 1.29 is 22.9 Å². The number of amides is 1. The van der Waals surface area contributed by atoms with Gasteiger partial charge in [0, 0.05) is 6.07 Å². The summed E-state index contributed by atoms with van der Waals surface area (Å²) < 4.78 is 30.3. The smallest absolute Gasteiger partial charge is 0.296 e. The summed E-state index contributed by atoms with van der Waals surface area (Å²) in [5.74, 6) is 0.241. The van der Waals surface area contributed by atoms with Gasteiger partial charge in [-0.1, -0.05) is 17.3 Å². The van der Waals surface area contributed by atoms with E-state index in [9.17, 15) is 14.0 Å². The van der Waals surface area contributed by atoms with Crippen molar-refractivity contribution in [2.24, 2.45) is 0 Å². The molecular weight excluding hydrogens is 403 g/mol. The van der Waals surface area contributed by atoms with Crippen LogP contribution in [0.3, 0.4) is 0 Å². The molecule has 1 atom stereocenters. The fourth-order valence-corrected chi connectivity index (χ4v) is 3.88. The molecule has 2 aromatic heterocycles. The number of aromatic nitrogens is 1. The highest BCUT2D eigenvalue weighted by molar-refractivity contribution is 6.10. The van der Waals surface area contributed by atoms with Crippen LogP contribution in [-0.4, -0.2) is 17.7 Å². The lowest BCUT2D eigenvalue weighted by atomic mass is 9.98. The molecule has 7 nitrogen and oxygen atoms in total. The Balaban J connectivity index is 1.76. The zero-order valence-corrected chi connectivity index (χ0v) is 16.7. The van der Waals surface area contributed by atoms with Crippen LogP contribution in [0.1, 0.15) is 40.4 Å². The Morgan fingerprint density at radius 1 is 1.13 bits per heavy atom. The number of nitrogens with zero attached hydrogens (tertiary/aromatic N) is 2. The van der Waals surface area contributed by atoms with Crippen molar-refractivity contribution in [2.45, 2.75) is 19.9 Å². The zero-order valence-electron chi connectivity index (χ0n) is 16.7. The van der Waals surface area contributed by atoms with Crippen molar-refractivity contribution in [3.05, 3.63) is 87.2 Å². The number of rotatable bonds is 4. The summed E-state index contributed by atoms with van der Waals surface area (Å²) in [5, 5.41) is 4.04. The molecule has 5 rings (SSSR count). The van der Waals surface area contributed by atoms with Crippen molar-refractivity contribution in [3.8, 4) is 5.75 Å². The van der Waals surface area contributed by atoms with Crippen LogP contribution >= 0.6 is 0 Å². The summed E-state index contributed by atoms with van der Waals surface area (Å²) in [4.78, 5) is 28.1. The van der Waals surface area contributed by atoms with Crippen LogP contribution in [0.25, 0.3) is 11.0 Å². The molecule has 0 saturated heterocycles. The zero-order chi connectivity index (χ0) is 21.7. The molecule has 2 aromatic carbocycles. The van der Waals surface area contributed by atoms with E-state index in [1.54, 1.807) is 37.3 Å². The lowest BCUT2D eigenvalue weighted by Crippen LogP contribution is -2.29. The molecular formula is C23H17FN2O5. The third-order valence-electron chi connectivity index (χ3n) is 5.20. The van der Waals surface area contributed by atoms with Gasteiger partial charge in [0.05, 0.1) is 23.6 Å². The average molecular weight is 420 g/mol. The van der Waals surface area contributed by atoms with Gasteiger partial charge in [-0.15, -0.1) is 0 Å². The molecule has 0 radical (unpaired) electrons. The summed E-state index contributed by atoms with van der Waals surface area (Å²) in [5.41, 5.74) is 0.458. The third-order valence-corrected chi connectivity index (χ3v) is 5.20. The molecule has 1 unspecified atom stereocenters. The van der Waals surface area contributed by atoms with Crippen LogP contribution in [0.15, 0.2) is 62.3 Å². The van der Waals surface area contributed by atoms with E-state index in [1.165, 1.54) is 17.0 Å². The standard InChI is InChI=1S/C23H17FN2O5/c1-3-29-15-7-4-13(5-8-15)20-19-21(27)16-11-14(24)6-9-17(16)30-22(19)23(28)26(20)18-10-12(2)31-25-18/h4-11,20H,3H2,1-2H3. The first-order valence-electron chi connectivity index (χ1n) is 9.74. The number of benzene rings is 2. The maximum absolute atomic E-state index is 13.8. The van der Waals surface area contributed by atoms with Gasteiger partial charge < -0.3 is 13.7 Å². The summed E-state index contributed by atoms with van der Waals surface area (Å²) in [7, 11) is 0. The molecule has 0 fully saturated rings. The number of halogens is 1. The largest absolute Gasteiger partial charge is 0.494 e. The molecule has 0 N–H and O–H groups in total. The summed E-state index contributed by atoms with van der Waals surface area (Å²) in [6, 6.07) is 11.5. The second-order valence-corrected chi connectivity index (χ2v) is 7.19. The molecule has 4 aromatic rings. The highest BCUT2D eigenvalue weighted by Crippen LogP contribution is 2.41. The number of hydrogen-bond acceptors (Lipinski definition) is 6. The van der Waals surface area contributed by atoms with E-state index in [-0.39, 0.29) is 28.1 Å². The van der Waals surface area contributed by atoms with Gasteiger partial charge in [-0.2, -0.15) is 0 Å². The Labute approximate surface area is 175 Å². The molecule has 0 saturated carbocycles. The minimum atomic E-state index is -0.813. The Hall–Kier alpha value is -3.94. The molecule has 156 valence electrons. The molecule has 1 aliphatic heterocycles. The first kappa shape index (κ1) is 19.0. The van der Waals surface area contributed by atoms with E-state index in [0.717, 1.165) is 6.07 Å². The second kappa shape index (κ2) is 7.09. The van der Waals surface area contributed by atoms with Gasteiger partial charge in [0.15, 0.2) is 11.2 Å². The van der Waals surface area contributed by atoms with Crippen LogP contribution in [0, 0.1) is 12.7 Å². The Morgan fingerprint density at radius 2 is 1.90 bits per heavy atom. The van der Waals surface area contributed by atoms with E-state index in [2.05, 4.69) is 5.16 Å². The van der Waals surface area contributed by atoms with Crippen molar-refractivity contribution in [3.63, 3.8) is 0 Å². The SMILES string of the molecule is CCOc1ccc(C2c3c(oc4ccc(F)cc4c3=O)C(=O)N2c2cc(C)on2)cc1. The lowest BCUT2D eigenvalue weighted by Gasteiger charge is -2.22. The lowest BCUT2D eigenvalue weighted by molar-refractivity contribution is 0.0969. The van der Waals surface area contributed by atoms with Gasteiger partial charge in [0.2, 0.25) is 5.76 Å². The molecule has 31 heavy (non-hydrogen) atoms. The topological polar surface area (TPSA) is 85.8 Å². The summed E-state index contributed by atoms with van der Waals surface area (Å²) >= 11 is 0. The van der Waals surface area contributed by atoms with Gasteiger partial charge in [0.25, 0.3) is 5.91 Å². The molecule has 0 aliphatic carbocycles. The van der Waals surface area contributed by atoms with Crippen LogP contribution in [0.4, 0.5) is 10.2 Å². The van der Waals surface area contributed by atoms with Gasteiger partial charge in [0.1, 0.15) is 22.9 Å². The normalized spacial score (nSPS) is 15.5. The summed E-state index contributed by atoms with van der Waals surface area (Å²) in [6.07, 6.45) is 0.